The third-order valence-electron chi connectivity index (χ3n) is 5.34. The first-order valence-electron chi connectivity index (χ1n) is 9.55. The summed E-state index contributed by atoms with van der Waals surface area (Å²) in [4.78, 5) is 31.9. The highest BCUT2D eigenvalue weighted by atomic mass is 32.1. The van der Waals surface area contributed by atoms with Crippen LogP contribution in [0.3, 0.4) is 0 Å². The summed E-state index contributed by atoms with van der Waals surface area (Å²) in [5.41, 5.74) is 4.33. The molecule has 0 saturated carbocycles. The number of carbonyl (C=O) groups excluding carboxylic acids is 1. The summed E-state index contributed by atoms with van der Waals surface area (Å²) < 4.78 is 1.23. The van der Waals surface area contributed by atoms with Crippen molar-refractivity contribution < 1.29 is 9.72 Å². The van der Waals surface area contributed by atoms with Crippen LogP contribution in [-0.4, -0.2) is 46.9 Å². The van der Waals surface area contributed by atoms with E-state index in [1.165, 1.54) is 28.0 Å². The normalized spacial score (nSPS) is 14.4. The van der Waals surface area contributed by atoms with Crippen LogP contribution in [0, 0.1) is 24.0 Å². The van der Waals surface area contributed by atoms with E-state index in [-0.39, 0.29) is 18.0 Å². The molecule has 0 spiro atoms. The lowest BCUT2D eigenvalue weighted by molar-refractivity contribution is -0.384. The van der Waals surface area contributed by atoms with Crippen LogP contribution in [0.25, 0.3) is 10.2 Å². The monoisotopic (exact) mass is 410 g/mol. The van der Waals surface area contributed by atoms with E-state index >= 15 is 0 Å². The molecule has 0 unspecified atom stereocenters. The lowest BCUT2D eigenvalue weighted by Crippen LogP contribution is -2.49. The number of amides is 1. The molecule has 4 rings (SSSR count). The zero-order valence-electron chi connectivity index (χ0n) is 16.4. The van der Waals surface area contributed by atoms with Gasteiger partial charge in [-0.15, -0.1) is 0 Å². The van der Waals surface area contributed by atoms with Gasteiger partial charge in [0.2, 0.25) is 5.91 Å². The second kappa shape index (κ2) is 7.79. The summed E-state index contributed by atoms with van der Waals surface area (Å²) in [5, 5.41) is 11.8. The molecule has 7 nitrogen and oxygen atoms in total. The third-order valence-corrected chi connectivity index (χ3v) is 6.59. The van der Waals surface area contributed by atoms with Crippen molar-refractivity contribution in [2.45, 2.75) is 20.3 Å². The molecule has 1 fully saturated rings. The van der Waals surface area contributed by atoms with Crippen molar-refractivity contribution in [1.82, 2.24) is 9.88 Å². The average Bonchev–Trinajstić information content (AvgIpc) is 3.18. The molecule has 2 heterocycles. The Bertz CT molecular complexity index is 1030. The number of nitro benzene ring substituents is 1. The molecule has 1 aromatic heterocycles. The summed E-state index contributed by atoms with van der Waals surface area (Å²) in [6.45, 7) is 7.01. The number of aromatic nitrogens is 1. The summed E-state index contributed by atoms with van der Waals surface area (Å²) in [7, 11) is 0. The minimum Gasteiger partial charge on any atom is -0.345 e. The molecule has 0 bridgehead atoms. The van der Waals surface area contributed by atoms with Gasteiger partial charge in [0.05, 0.1) is 21.6 Å². The van der Waals surface area contributed by atoms with Crippen LogP contribution in [0.2, 0.25) is 0 Å². The summed E-state index contributed by atoms with van der Waals surface area (Å²) in [6, 6.07) is 10.4. The van der Waals surface area contributed by atoms with E-state index in [9.17, 15) is 14.9 Å². The van der Waals surface area contributed by atoms with Crippen molar-refractivity contribution in [3.05, 3.63) is 63.2 Å². The Labute approximate surface area is 172 Å². The van der Waals surface area contributed by atoms with Gasteiger partial charge in [-0.05, 0) is 30.5 Å². The highest BCUT2D eigenvalue weighted by Crippen LogP contribution is 2.33. The van der Waals surface area contributed by atoms with Crippen molar-refractivity contribution in [3.63, 3.8) is 0 Å². The molecular formula is C21H22N4O3S. The summed E-state index contributed by atoms with van der Waals surface area (Å²) in [6.07, 6.45) is 0.261. The summed E-state index contributed by atoms with van der Waals surface area (Å²) in [5.74, 6) is 0.0505. The topological polar surface area (TPSA) is 79.6 Å². The maximum atomic E-state index is 12.6. The molecule has 0 aliphatic carbocycles. The first-order valence-corrected chi connectivity index (χ1v) is 10.4. The van der Waals surface area contributed by atoms with Crippen LogP contribution in [-0.2, 0) is 11.2 Å². The largest absolute Gasteiger partial charge is 0.345 e. The second-order valence-corrected chi connectivity index (χ2v) is 8.32. The number of rotatable bonds is 4. The van der Waals surface area contributed by atoms with Gasteiger partial charge in [0.25, 0.3) is 5.69 Å². The second-order valence-electron chi connectivity index (χ2n) is 7.34. The van der Waals surface area contributed by atoms with E-state index < -0.39 is 4.92 Å². The quantitative estimate of drug-likeness (QED) is 0.484. The number of nitro groups is 1. The van der Waals surface area contributed by atoms with Crippen LogP contribution in [0.4, 0.5) is 10.8 Å². The van der Waals surface area contributed by atoms with Gasteiger partial charge in [-0.2, -0.15) is 0 Å². The van der Waals surface area contributed by atoms with Gasteiger partial charge in [-0.1, -0.05) is 35.6 Å². The lowest BCUT2D eigenvalue weighted by atomic mass is 10.1. The number of thiazole rings is 1. The van der Waals surface area contributed by atoms with Gasteiger partial charge in [-0.3, -0.25) is 14.9 Å². The zero-order chi connectivity index (χ0) is 20.5. The Balaban J connectivity index is 1.39. The predicted molar refractivity (Wildman–Crippen MR) is 115 cm³/mol. The number of hydrogen-bond donors (Lipinski definition) is 0. The average molecular weight is 410 g/mol. The smallest absolute Gasteiger partial charge is 0.269 e. The zero-order valence-corrected chi connectivity index (χ0v) is 17.2. The molecule has 2 aromatic carbocycles. The molecule has 1 aliphatic heterocycles. The molecule has 29 heavy (non-hydrogen) atoms. The van der Waals surface area contributed by atoms with Crippen molar-refractivity contribution in [1.29, 1.82) is 0 Å². The first-order chi connectivity index (χ1) is 13.9. The Kier molecular flexibility index (Phi) is 5.19. The van der Waals surface area contributed by atoms with Crippen molar-refractivity contribution in [3.8, 4) is 0 Å². The minimum atomic E-state index is -0.435. The maximum Gasteiger partial charge on any atom is 0.269 e. The molecular weight excluding hydrogens is 388 g/mol. The first kappa shape index (κ1) is 19.3. The van der Waals surface area contributed by atoms with Gasteiger partial charge in [0.15, 0.2) is 5.13 Å². The number of benzene rings is 2. The molecule has 1 aliphatic rings. The number of anilines is 1. The van der Waals surface area contributed by atoms with E-state index in [0.29, 0.717) is 13.1 Å². The van der Waals surface area contributed by atoms with E-state index in [4.69, 9.17) is 4.98 Å². The fourth-order valence-corrected chi connectivity index (χ4v) is 4.72. The molecule has 0 radical (unpaired) electrons. The standard InChI is InChI=1S/C21H22N4O3S/c1-14-3-4-15(2)20-19(14)22-21(29-20)24-11-9-23(10-12-24)18(26)13-16-5-7-17(8-6-16)25(27)28/h3-8H,9-13H2,1-2H3. The minimum absolute atomic E-state index is 0.0381. The number of aryl methyl sites for hydroxylation is 2. The molecule has 1 saturated heterocycles. The molecule has 3 aromatic rings. The van der Waals surface area contributed by atoms with E-state index in [1.54, 1.807) is 23.5 Å². The van der Waals surface area contributed by atoms with Gasteiger partial charge < -0.3 is 9.80 Å². The van der Waals surface area contributed by atoms with Gasteiger partial charge in [0.1, 0.15) is 0 Å². The molecule has 1 amide bonds. The Morgan fingerprint density at radius 3 is 2.34 bits per heavy atom. The van der Waals surface area contributed by atoms with Gasteiger partial charge in [0, 0.05) is 38.3 Å². The Morgan fingerprint density at radius 2 is 1.72 bits per heavy atom. The Hall–Kier alpha value is -3.00. The van der Waals surface area contributed by atoms with E-state index in [2.05, 4.69) is 30.9 Å². The number of nitrogens with zero attached hydrogens (tertiary/aromatic N) is 4. The van der Waals surface area contributed by atoms with Crippen molar-refractivity contribution >= 4 is 38.3 Å². The molecule has 8 heteroatoms. The fourth-order valence-electron chi connectivity index (χ4n) is 3.55. The van der Waals surface area contributed by atoms with Crippen LogP contribution in [0.1, 0.15) is 16.7 Å². The van der Waals surface area contributed by atoms with E-state index in [1.807, 2.05) is 4.90 Å². The maximum absolute atomic E-state index is 12.6. The highest BCUT2D eigenvalue weighted by molar-refractivity contribution is 7.22. The number of hydrogen-bond acceptors (Lipinski definition) is 6. The lowest BCUT2D eigenvalue weighted by Gasteiger charge is -2.34. The fraction of sp³-hybridized carbons (Fsp3) is 0.333. The van der Waals surface area contributed by atoms with Gasteiger partial charge in [-0.25, -0.2) is 4.98 Å². The highest BCUT2D eigenvalue weighted by Gasteiger charge is 2.23. The molecule has 150 valence electrons. The molecule has 0 N–H and O–H groups in total. The third kappa shape index (κ3) is 3.93. The Morgan fingerprint density at radius 1 is 1.07 bits per heavy atom. The van der Waals surface area contributed by atoms with Gasteiger partial charge >= 0.3 is 0 Å². The number of carbonyl (C=O) groups is 1. The van der Waals surface area contributed by atoms with Crippen LogP contribution in [0.5, 0.6) is 0 Å². The van der Waals surface area contributed by atoms with Crippen LogP contribution in [0.15, 0.2) is 36.4 Å². The number of non-ortho nitro benzene ring substituents is 1. The van der Waals surface area contributed by atoms with Crippen LogP contribution >= 0.6 is 11.3 Å². The predicted octanol–water partition coefficient (Wildman–Crippen LogP) is 3.71. The number of piperazine rings is 1. The van der Waals surface area contributed by atoms with Crippen molar-refractivity contribution in [2.24, 2.45) is 0 Å². The van der Waals surface area contributed by atoms with Crippen LogP contribution < -0.4 is 4.90 Å². The SMILES string of the molecule is Cc1ccc(C)c2sc(N3CCN(C(=O)Cc4ccc([N+](=O)[O-])cc4)CC3)nc12. The molecule has 0 atom stereocenters. The summed E-state index contributed by atoms with van der Waals surface area (Å²) >= 11 is 1.72. The van der Waals surface area contributed by atoms with E-state index in [0.717, 1.165) is 29.3 Å². The van der Waals surface area contributed by atoms with Crippen molar-refractivity contribution in [2.75, 3.05) is 31.1 Å². The number of fused-ring (bicyclic) bond motifs is 1.